The van der Waals surface area contributed by atoms with Gasteiger partial charge in [-0.05, 0) is 32.1 Å². The van der Waals surface area contributed by atoms with Gasteiger partial charge < -0.3 is 19.9 Å². The highest BCUT2D eigenvalue weighted by molar-refractivity contribution is 4.92. The minimum Gasteiger partial charge on any atom is -0.395 e. The Labute approximate surface area is 104 Å². The molecular weight excluding hydrogens is 218 g/mol. The van der Waals surface area contributed by atoms with Crippen LogP contribution in [0.4, 0.5) is 0 Å². The fourth-order valence-electron chi connectivity index (χ4n) is 2.89. The van der Waals surface area contributed by atoms with Gasteiger partial charge in [-0.1, -0.05) is 6.92 Å². The molecular formula is C13H25NO3. The summed E-state index contributed by atoms with van der Waals surface area (Å²) in [5.41, 5.74) is 0.0436. The number of ether oxygens (including phenoxy) is 2. The minimum absolute atomic E-state index is 0.0436. The van der Waals surface area contributed by atoms with Gasteiger partial charge in [0, 0.05) is 31.9 Å². The normalized spacial score (nSPS) is 30.4. The summed E-state index contributed by atoms with van der Waals surface area (Å²) < 4.78 is 11.4. The number of nitrogens with one attached hydrogen (secondary N) is 1. The summed E-state index contributed by atoms with van der Waals surface area (Å²) in [5.74, 6) is 0. The van der Waals surface area contributed by atoms with E-state index >= 15 is 0 Å². The van der Waals surface area contributed by atoms with Gasteiger partial charge >= 0.3 is 0 Å². The lowest BCUT2D eigenvalue weighted by atomic mass is 9.84. The Kier molecular flexibility index (Phi) is 4.79. The maximum absolute atomic E-state index is 9.24. The van der Waals surface area contributed by atoms with Gasteiger partial charge in [-0.2, -0.15) is 0 Å². The SMILES string of the molecule is CCC(CO)NC1CCOC2(CCOCC2)C1. The summed E-state index contributed by atoms with van der Waals surface area (Å²) >= 11 is 0. The summed E-state index contributed by atoms with van der Waals surface area (Å²) in [6.45, 7) is 4.81. The third kappa shape index (κ3) is 3.41. The van der Waals surface area contributed by atoms with E-state index in [-0.39, 0.29) is 18.2 Å². The minimum atomic E-state index is 0.0436. The molecule has 2 aliphatic rings. The molecule has 2 N–H and O–H groups in total. The first-order valence-electron chi connectivity index (χ1n) is 6.86. The van der Waals surface area contributed by atoms with E-state index in [1.807, 2.05) is 0 Å². The van der Waals surface area contributed by atoms with Gasteiger partial charge in [-0.15, -0.1) is 0 Å². The Bertz CT molecular complexity index is 219. The number of aliphatic hydroxyl groups excluding tert-OH is 1. The average Bonchev–Trinajstić information content (AvgIpc) is 2.37. The van der Waals surface area contributed by atoms with Gasteiger partial charge in [0.2, 0.25) is 0 Å². The van der Waals surface area contributed by atoms with Gasteiger partial charge in [0.05, 0.1) is 12.2 Å². The first kappa shape index (κ1) is 13.3. The molecule has 0 aromatic rings. The lowest BCUT2D eigenvalue weighted by molar-refractivity contribution is -0.141. The maximum Gasteiger partial charge on any atom is 0.0741 e. The van der Waals surface area contributed by atoms with E-state index in [1.165, 1.54) is 0 Å². The van der Waals surface area contributed by atoms with Crippen LogP contribution in [0.15, 0.2) is 0 Å². The van der Waals surface area contributed by atoms with Crippen molar-refractivity contribution in [1.82, 2.24) is 5.32 Å². The molecule has 0 aromatic carbocycles. The largest absolute Gasteiger partial charge is 0.395 e. The van der Waals surface area contributed by atoms with Crippen molar-refractivity contribution in [1.29, 1.82) is 0 Å². The van der Waals surface area contributed by atoms with E-state index < -0.39 is 0 Å². The smallest absolute Gasteiger partial charge is 0.0741 e. The number of hydrogen-bond donors (Lipinski definition) is 2. The molecule has 2 aliphatic heterocycles. The highest BCUT2D eigenvalue weighted by Gasteiger charge is 2.39. The van der Waals surface area contributed by atoms with Crippen molar-refractivity contribution in [3.05, 3.63) is 0 Å². The molecule has 0 amide bonds. The Morgan fingerprint density at radius 1 is 1.35 bits per heavy atom. The predicted octanol–water partition coefficient (Wildman–Crippen LogP) is 1.08. The Balaban J connectivity index is 1.87. The molecule has 17 heavy (non-hydrogen) atoms. The second-order valence-electron chi connectivity index (χ2n) is 5.29. The molecule has 1 spiro atoms. The molecule has 4 nitrogen and oxygen atoms in total. The van der Waals surface area contributed by atoms with Crippen molar-refractivity contribution in [3.8, 4) is 0 Å². The van der Waals surface area contributed by atoms with E-state index in [2.05, 4.69) is 12.2 Å². The van der Waals surface area contributed by atoms with Crippen molar-refractivity contribution in [2.24, 2.45) is 0 Å². The molecule has 2 rings (SSSR count). The zero-order chi connectivity index (χ0) is 12.1. The Morgan fingerprint density at radius 2 is 2.12 bits per heavy atom. The zero-order valence-electron chi connectivity index (χ0n) is 10.8. The monoisotopic (exact) mass is 243 g/mol. The maximum atomic E-state index is 9.24. The van der Waals surface area contributed by atoms with Crippen LogP contribution in [0.2, 0.25) is 0 Å². The van der Waals surface area contributed by atoms with Crippen LogP contribution in [-0.4, -0.2) is 49.2 Å². The molecule has 2 saturated heterocycles. The van der Waals surface area contributed by atoms with E-state index in [1.54, 1.807) is 0 Å². The van der Waals surface area contributed by atoms with Gasteiger partial charge in [-0.3, -0.25) is 0 Å². The Hall–Kier alpha value is -0.160. The van der Waals surface area contributed by atoms with Gasteiger partial charge in [0.15, 0.2) is 0 Å². The van der Waals surface area contributed by atoms with Crippen LogP contribution in [0.1, 0.15) is 39.0 Å². The third-order valence-corrected chi connectivity index (χ3v) is 4.08. The van der Waals surface area contributed by atoms with Crippen LogP contribution >= 0.6 is 0 Å². The fourth-order valence-corrected chi connectivity index (χ4v) is 2.89. The number of aliphatic hydroxyl groups is 1. The zero-order valence-corrected chi connectivity index (χ0v) is 10.8. The lowest BCUT2D eigenvalue weighted by Gasteiger charge is -2.44. The van der Waals surface area contributed by atoms with E-state index in [0.717, 1.165) is 51.9 Å². The highest BCUT2D eigenvalue weighted by Crippen LogP contribution is 2.34. The second kappa shape index (κ2) is 6.14. The molecule has 0 aromatic heterocycles. The van der Waals surface area contributed by atoms with Crippen molar-refractivity contribution < 1.29 is 14.6 Å². The van der Waals surface area contributed by atoms with Crippen molar-refractivity contribution in [3.63, 3.8) is 0 Å². The molecule has 2 unspecified atom stereocenters. The van der Waals surface area contributed by atoms with Crippen LogP contribution in [0.3, 0.4) is 0 Å². The molecule has 2 atom stereocenters. The van der Waals surface area contributed by atoms with Crippen LogP contribution in [0, 0.1) is 0 Å². The summed E-state index contributed by atoms with van der Waals surface area (Å²) in [5, 5.41) is 12.8. The van der Waals surface area contributed by atoms with Gasteiger partial charge in [0.25, 0.3) is 0 Å². The molecule has 100 valence electrons. The summed E-state index contributed by atoms with van der Waals surface area (Å²) in [6.07, 6.45) is 5.12. The second-order valence-corrected chi connectivity index (χ2v) is 5.29. The topological polar surface area (TPSA) is 50.7 Å². The van der Waals surface area contributed by atoms with Crippen LogP contribution in [-0.2, 0) is 9.47 Å². The lowest BCUT2D eigenvalue weighted by Crippen LogP contribution is -2.52. The third-order valence-electron chi connectivity index (χ3n) is 4.08. The van der Waals surface area contributed by atoms with E-state index in [9.17, 15) is 5.11 Å². The highest BCUT2D eigenvalue weighted by atomic mass is 16.5. The molecule has 4 heteroatoms. The Morgan fingerprint density at radius 3 is 2.76 bits per heavy atom. The van der Waals surface area contributed by atoms with Crippen molar-refractivity contribution >= 4 is 0 Å². The van der Waals surface area contributed by atoms with E-state index in [4.69, 9.17) is 9.47 Å². The van der Waals surface area contributed by atoms with Crippen LogP contribution in [0.25, 0.3) is 0 Å². The summed E-state index contributed by atoms with van der Waals surface area (Å²) in [6, 6.07) is 0.717. The molecule has 2 fully saturated rings. The standard InChI is InChI=1S/C13H25NO3/c1-2-11(10-15)14-12-3-6-17-13(9-12)4-7-16-8-5-13/h11-12,14-15H,2-10H2,1H3. The molecule has 0 saturated carbocycles. The number of rotatable bonds is 4. The van der Waals surface area contributed by atoms with Gasteiger partial charge in [0.1, 0.15) is 0 Å². The van der Waals surface area contributed by atoms with Crippen molar-refractivity contribution in [2.45, 2.75) is 56.7 Å². The average molecular weight is 243 g/mol. The van der Waals surface area contributed by atoms with Gasteiger partial charge in [-0.25, -0.2) is 0 Å². The predicted molar refractivity (Wildman–Crippen MR) is 66.1 cm³/mol. The summed E-state index contributed by atoms with van der Waals surface area (Å²) in [7, 11) is 0. The first-order chi connectivity index (χ1) is 8.28. The molecule has 0 radical (unpaired) electrons. The first-order valence-corrected chi connectivity index (χ1v) is 6.86. The molecule has 0 aliphatic carbocycles. The van der Waals surface area contributed by atoms with Crippen LogP contribution < -0.4 is 5.32 Å². The molecule has 0 bridgehead atoms. The number of hydrogen-bond acceptors (Lipinski definition) is 4. The van der Waals surface area contributed by atoms with Crippen LogP contribution in [0.5, 0.6) is 0 Å². The summed E-state index contributed by atoms with van der Waals surface area (Å²) in [4.78, 5) is 0. The fraction of sp³-hybridized carbons (Fsp3) is 1.00. The quantitative estimate of drug-likeness (QED) is 0.775. The van der Waals surface area contributed by atoms with E-state index in [0.29, 0.717) is 6.04 Å². The van der Waals surface area contributed by atoms with Crippen molar-refractivity contribution in [2.75, 3.05) is 26.4 Å². The molecule has 2 heterocycles.